The molecular weight excluding hydrogens is 294 g/mol. The van der Waals surface area contributed by atoms with E-state index in [1.54, 1.807) is 0 Å². The first kappa shape index (κ1) is 12.0. The van der Waals surface area contributed by atoms with Crippen LogP contribution in [-0.2, 0) is 9.47 Å². The number of halogens is 1. The molecule has 1 aromatic heterocycles. The maximum Gasteiger partial charge on any atom is 0.357 e. The van der Waals surface area contributed by atoms with Gasteiger partial charge in [0.1, 0.15) is 0 Å². The largest absolute Gasteiger partial charge is 0.464 e. The number of thiazole rings is 1. The average Bonchev–Trinajstić information content (AvgIpc) is 2.71. The third-order valence-electron chi connectivity index (χ3n) is 2.54. The van der Waals surface area contributed by atoms with Crippen molar-refractivity contribution in [1.82, 2.24) is 4.98 Å². The van der Waals surface area contributed by atoms with Crippen LogP contribution < -0.4 is 0 Å². The van der Waals surface area contributed by atoms with Crippen LogP contribution in [0.15, 0.2) is 3.92 Å². The Bertz CT molecular complexity index is 387. The van der Waals surface area contributed by atoms with Crippen molar-refractivity contribution in [1.29, 1.82) is 0 Å². The second kappa shape index (κ2) is 5.25. The highest BCUT2D eigenvalue weighted by Gasteiger charge is 2.26. The van der Waals surface area contributed by atoms with Crippen molar-refractivity contribution in [2.75, 3.05) is 20.3 Å². The van der Waals surface area contributed by atoms with Crippen LogP contribution >= 0.6 is 27.3 Å². The van der Waals surface area contributed by atoms with E-state index in [2.05, 4.69) is 20.9 Å². The highest BCUT2D eigenvalue weighted by atomic mass is 79.9. The van der Waals surface area contributed by atoms with E-state index in [9.17, 15) is 4.79 Å². The molecule has 4 nitrogen and oxygen atoms in total. The van der Waals surface area contributed by atoms with Crippen molar-refractivity contribution in [3.8, 4) is 0 Å². The summed E-state index contributed by atoms with van der Waals surface area (Å²) in [7, 11) is 1.37. The summed E-state index contributed by atoms with van der Waals surface area (Å²) < 4.78 is 10.9. The summed E-state index contributed by atoms with van der Waals surface area (Å²) in [6, 6.07) is 0. The highest BCUT2D eigenvalue weighted by Crippen LogP contribution is 2.34. The van der Waals surface area contributed by atoms with Crippen LogP contribution in [0.4, 0.5) is 0 Å². The number of carbonyl (C=O) groups excluding carboxylic acids is 1. The van der Waals surface area contributed by atoms with Crippen molar-refractivity contribution < 1.29 is 14.3 Å². The van der Waals surface area contributed by atoms with E-state index in [1.807, 2.05) is 0 Å². The van der Waals surface area contributed by atoms with E-state index in [0.29, 0.717) is 16.2 Å². The smallest absolute Gasteiger partial charge is 0.357 e. The molecule has 0 N–H and O–H groups in total. The van der Waals surface area contributed by atoms with Crippen LogP contribution in [0.1, 0.15) is 34.1 Å². The first-order valence-electron chi connectivity index (χ1n) is 5.04. The SMILES string of the molecule is COC(=O)c1nc(Br)sc1C1CCCOC1. The molecule has 1 unspecified atom stereocenters. The number of esters is 1. The molecule has 88 valence electrons. The molecule has 1 saturated heterocycles. The van der Waals surface area contributed by atoms with Crippen LogP contribution in [0.5, 0.6) is 0 Å². The molecule has 0 spiro atoms. The Morgan fingerprint density at radius 2 is 2.50 bits per heavy atom. The molecular formula is C10H12BrNO3S. The Morgan fingerprint density at radius 3 is 3.12 bits per heavy atom. The lowest BCUT2D eigenvalue weighted by molar-refractivity contribution is 0.0585. The Kier molecular flexibility index (Phi) is 3.94. The summed E-state index contributed by atoms with van der Waals surface area (Å²) in [5.41, 5.74) is 0.426. The molecule has 0 saturated carbocycles. The summed E-state index contributed by atoms with van der Waals surface area (Å²) >= 11 is 4.80. The average molecular weight is 306 g/mol. The topological polar surface area (TPSA) is 48.4 Å². The minimum absolute atomic E-state index is 0.270. The fraction of sp³-hybridized carbons (Fsp3) is 0.600. The van der Waals surface area contributed by atoms with E-state index in [4.69, 9.17) is 9.47 Å². The zero-order valence-electron chi connectivity index (χ0n) is 8.86. The van der Waals surface area contributed by atoms with Gasteiger partial charge in [-0.2, -0.15) is 0 Å². The van der Waals surface area contributed by atoms with Crippen molar-refractivity contribution in [2.24, 2.45) is 0 Å². The standard InChI is InChI=1S/C10H12BrNO3S/c1-14-9(13)7-8(16-10(11)12-7)6-3-2-4-15-5-6/h6H,2-5H2,1H3. The molecule has 1 aliphatic heterocycles. The molecule has 0 bridgehead atoms. The summed E-state index contributed by atoms with van der Waals surface area (Å²) in [6.07, 6.45) is 2.07. The second-order valence-electron chi connectivity index (χ2n) is 3.59. The van der Waals surface area contributed by atoms with Gasteiger partial charge in [0.15, 0.2) is 9.61 Å². The molecule has 2 heterocycles. The molecule has 0 amide bonds. The lowest BCUT2D eigenvalue weighted by atomic mass is 9.99. The Hall–Kier alpha value is -0.460. The fourth-order valence-corrected chi connectivity index (χ4v) is 3.37. The molecule has 2 rings (SSSR count). The van der Waals surface area contributed by atoms with Crippen molar-refractivity contribution in [3.63, 3.8) is 0 Å². The predicted molar refractivity (Wildman–Crippen MR) is 63.9 cm³/mol. The van der Waals surface area contributed by atoms with Crippen LogP contribution in [0, 0.1) is 0 Å². The number of aromatic nitrogens is 1. The summed E-state index contributed by atoms with van der Waals surface area (Å²) in [5, 5.41) is 0. The van der Waals surface area contributed by atoms with Gasteiger partial charge in [-0.3, -0.25) is 0 Å². The molecule has 0 radical (unpaired) electrons. The van der Waals surface area contributed by atoms with Crippen LogP contribution in [0.3, 0.4) is 0 Å². The monoisotopic (exact) mass is 305 g/mol. The summed E-state index contributed by atoms with van der Waals surface area (Å²) in [5.74, 6) is -0.103. The first-order chi connectivity index (χ1) is 7.72. The molecule has 0 aliphatic carbocycles. The van der Waals surface area contributed by atoms with E-state index >= 15 is 0 Å². The maximum absolute atomic E-state index is 11.6. The van der Waals surface area contributed by atoms with Crippen LogP contribution in [-0.4, -0.2) is 31.3 Å². The summed E-state index contributed by atoms with van der Waals surface area (Å²) in [6.45, 7) is 1.47. The van der Waals surface area contributed by atoms with Gasteiger partial charge in [-0.05, 0) is 28.8 Å². The second-order valence-corrected chi connectivity index (χ2v) is 5.89. The third kappa shape index (κ3) is 2.44. The van der Waals surface area contributed by atoms with Crippen molar-refractivity contribution >= 4 is 33.2 Å². The highest BCUT2D eigenvalue weighted by molar-refractivity contribution is 9.11. The van der Waals surface area contributed by atoms with Gasteiger partial charge in [0.05, 0.1) is 13.7 Å². The molecule has 1 atom stereocenters. The number of carbonyl (C=O) groups is 1. The Morgan fingerprint density at radius 1 is 1.69 bits per heavy atom. The zero-order chi connectivity index (χ0) is 11.5. The van der Waals surface area contributed by atoms with Crippen LogP contribution in [0.25, 0.3) is 0 Å². The van der Waals surface area contributed by atoms with Gasteiger partial charge in [0, 0.05) is 17.4 Å². The first-order valence-corrected chi connectivity index (χ1v) is 6.65. The Balaban J connectivity index is 2.27. The van der Waals surface area contributed by atoms with Gasteiger partial charge in [0.25, 0.3) is 0 Å². The number of nitrogens with zero attached hydrogens (tertiary/aromatic N) is 1. The fourth-order valence-electron chi connectivity index (χ4n) is 1.77. The number of methoxy groups -OCH3 is 1. The zero-order valence-corrected chi connectivity index (χ0v) is 11.3. The molecule has 1 fully saturated rings. The number of hydrogen-bond donors (Lipinski definition) is 0. The number of hydrogen-bond acceptors (Lipinski definition) is 5. The van der Waals surface area contributed by atoms with Crippen molar-refractivity contribution in [3.05, 3.63) is 14.5 Å². The Labute approximate surface area is 106 Å². The normalized spacial score (nSPS) is 20.8. The molecule has 1 aliphatic rings. The quantitative estimate of drug-likeness (QED) is 0.788. The maximum atomic E-state index is 11.6. The van der Waals surface area contributed by atoms with Crippen molar-refractivity contribution in [2.45, 2.75) is 18.8 Å². The lowest BCUT2D eigenvalue weighted by Crippen LogP contribution is -2.17. The van der Waals surface area contributed by atoms with E-state index in [-0.39, 0.29) is 11.9 Å². The minimum Gasteiger partial charge on any atom is -0.464 e. The van der Waals surface area contributed by atoms with Gasteiger partial charge in [0.2, 0.25) is 0 Å². The van der Waals surface area contributed by atoms with Gasteiger partial charge < -0.3 is 9.47 Å². The van der Waals surface area contributed by atoms with Gasteiger partial charge in [-0.25, -0.2) is 9.78 Å². The van der Waals surface area contributed by atoms with E-state index < -0.39 is 0 Å². The summed E-state index contributed by atoms with van der Waals surface area (Å²) in [4.78, 5) is 16.7. The van der Waals surface area contributed by atoms with Gasteiger partial charge in [-0.1, -0.05) is 0 Å². The van der Waals surface area contributed by atoms with E-state index in [1.165, 1.54) is 18.4 Å². The third-order valence-corrected chi connectivity index (χ3v) is 4.21. The number of rotatable bonds is 2. The van der Waals surface area contributed by atoms with Gasteiger partial charge >= 0.3 is 5.97 Å². The lowest BCUT2D eigenvalue weighted by Gasteiger charge is -2.21. The van der Waals surface area contributed by atoms with E-state index in [0.717, 1.165) is 24.3 Å². The molecule has 1 aromatic rings. The molecule has 16 heavy (non-hydrogen) atoms. The number of ether oxygens (including phenoxy) is 2. The van der Waals surface area contributed by atoms with Crippen LogP contribution in [0.2, 0.25) is 0 Å². The predicted octanol–water partition coefficient (Wildman–Crippen LogP) is 2.59. The minimum atomic E-state index is -0.373. The van der Waals surface area contributed by atoms with Gasteiger partial charge in [-0.15, -0.1) is 11.3 Å². The molecule has 6 heteroatoms. The molecule has 0 aromatic carbocycles.